The molecule has 18 heavy (non-hydrogen) atoms. The van der Waals surface area contributed by atoms with E-state index in [1.54, 1.807) is 0 Å². The molecule has 6 heteroatoms. The highest BCUT2D eigenvalue weighted by Crippen LogP contribution is 2.24. The van der Waals surface area contributed by atoms with Gasteiger partial charge >= 0.3 is 0 Å². The zero-order chi connectivity index (χ0) is 13.0. The van der Waals surface area contributed by atoms with Gasteiger partial charge in [-0.25, -0.2) is 0 Å². The third kappa shape index (κ3) is 3.69. The maximum absolute atomic E-state index is 5.82. The SMILES string of the molecule is CCCC1CCCN(c2nc(Cl)nc(Cl)n2)CC1. The molecule has 1 fully saturated rings. The lowest BCUT2D eigenvalue weighted by Gasteiger charge is -2.20. The summed E-state index contributed by atoms with van der Waals surface area (Å²) in [6.07, 6.45) is 6.22. The van der Waals surface area contributed by atoms with Gasteiger partial charge < -0.3 is 4.90 Å². The summed E-state index contributed by atoms with van der Waals surface area (Å²) in [5, 5.41) is 0.332. The Balaban J connectivity index is 2.05. The summed E-state index contributed by atoms with van der Waals surface area (Å²) in [5.41, 5.74) is 0. The van der Waals surface area contributed by atoms with Crippen molar-refractivity contribution in [1.29, 1.82) is 0 Å². The quantitative estimate of drug-likeness (QED) is 0.852. The number of rotatable bonds is 3. The van der Waals surface area contributed by atoms with Crippen LogP contribution in [0.4, 0.5) is 5.95 Å². The van der Waals surface area contributed by atoms with Gasteiger partial charge in [-0.15, -0.1) is 0 Å². The maximum atomic E-state index is 5.82. The molecule has 2 heterocycles. The Hall–Kier alpha value is -0.610. The second-order valence-corrected chi connectivity index (χ2v) is 5.42. The normalized spacial score (nSPS) is 20.8. The second-order valence-electron chi connectivity index (χ2n) is 4.75. The van der Waals surface area contributed by atoms with E-state index < -0.39 is 0 Å². The molecule has 0 amide bonds. The lowest BCUT2D eigenvalue weighted by Crippen LogP contribution is -2.26. The molecule has 1 saturated heterocycles. The fourth-order valence-corrected chi connectivity index (χ4v) is 2.87. The third-order valence-corrected chi connectivity index (χ3v) is 3.73. The topological polar surface area (TPSA) is 41.9 Å². The van der Waals surface area contributed by atoms with E-state index in [-0.39, 0.29) is 10.6 Å². The van der Waals surface area contributed by atoms with Crippen LogP contribution in [0.1, 0.15) is 39.0 Å². The summed E-state index contributed by atoms with van der Waals surface area (Å²) < 4.78 is 0. The van der Waals surface area contributed by atoms with E-state index in [9.17, 15) is 0 Å². The van der Waals surface area contributed by atoms with Crippen LogP contribution in [0, 0.1) is 5.92 Å². The van der Waals surface area contributed by atoms with Gasteiger partial charge in [-0.2, -0.15) is 15.0 Å². The molecule has 1 aromatic rings. The fraction of sp³-hybridized carbons (Fsp3) is 0.750. The summed E-state index contributed by atoms with van der Waals surface area (Å²) in [6.45, 7) is 4.19. The standard InChI is InChI=1S/C12H18Cl2N4/c1-2-4-9-5-3-7-18(8-6-9)12-16-10(13)15-11(14)17-12/h9H,2-8H2,1H3. The lowest BCUT2D eigenvalue weighted by molar-refractivity contribution is 0.435. The van der Waals surface area contributed by atoms with E-state index in [1.807, 2.05) is 0 Å². The van der Waals surface area contributed by atoms with E-state index in [0.717, 1.165) is 19.0 Å². The summed E-state index contributed by atoms with van der Waals surface area (Å²) >= 11 is 11.6. The van der Waals surface area contributed by atoms with Crippen LogP contribution in [0.2, 0.25) is 10.6 Å². The van der Waals surface area contributed by atoms with Gasteiger partial charge in [0, 0.05) is 13.1 Å². The van der Waals surface area contributed by atoms with Crippen molar-refractivity contribution >= 4 is 29.2 Å². The Bertz CT molecular complexity index is 379. The first-order valence-corrected chi connectivity index (χ1v) is 7.26. The first-order valence-electron chi connectivity index (χ1n) is 6.51. The Kier molecular flexibility index (Phi) is 5.01. The van der Waals surface area contributed by atoms with Gasteiger partial charge in [-0.1, -0.05) is 19.8 Å². The summed E-state index contributed by atoms with van der Waals surface area (Å²) in [4.78, 5) is 14.3. The van der Waals surface area contributed by atoms with Crippen LogP contribution in [0.3, 0.4) is 0 Å². The third-order valence-electron chi connectivity index (χ3n) is 3.40. The number of nitrogens with zero attached hydrogens (tertiary/aromatic N) is 4. The van der Waals surface area contributed by atoms with Crippen LogP contribution < -0.4 is 4.90 Å². The molecule has 100 valence electrons. The zero-order valence-corrected chi connectivity index (χ0v) is 12.1. The van der Waals surface area contributed by atoms with E-state index in [1.165, 1.54) is 32.1 Å². The van der Waals surface area contributed by atoms with Gasteiger partial charge in [-0.05, 0) is 48.4 Å². The van der Waals surface area contributed by atoms with E-state index in [2.05, 4.69) is 26.8 Å². The largest absolute Gasteiger partial charge is 0.341 e. The van der Waals surface area contributed by atoms with Gasteiger partial charge in [-0.3, -0.25) is 0 Å². The predicted octanol–water partition coefficient (Wildman–Crippen LogP) is 3.59. The second kappa shape index (κ2) is 6.53. The van der Waals surface area contributed by atoms with Crippen LogP contribution in [0.15, 0.2) is 0 Å². The minimum Gasteiger partial charge on any atom is -0.341 e. The van der Waals surface area contributed by atoms with Crippen LogP contribution in [0.25, 0.3) is 0 Å². The molecule has 2 rings (SSSR count). The number of aromatic nitrogens is 3. The van der Waals surface area contributed by atoms with Crippen LogP contribution in [0.5, 0.6) is 0 Å². The molecule has 0 aromatic carbocycles. The molecule has 1 unspecified atom stereocenters. The van der Waals surface area contributed by atoms with Gasteiger partial charge in [0.25, 0.3) is 0 Å². The molecular formula is C12H18Cl2N4. The summed E-state index contributed by atoms with van der Waals surface area (Å²) in [5.74, 6) is 1.44. The van der Waals surface area contributed by atoms with Crippen molar-refractivity contribution in [3.63, 3.8) is 0 Å². The smallest absolute Gasteiger partial charge is 0.230 e. The van der Waals surface area contributed by atoms with Gasteiger partial charge in [0.05, 0.1) is 0 Å². The fourth-order valence-electron chi connectivity index (χ4n) is 2.52. The first kappa shape index (κ1) is 13.8. The molecule has 0 saturated carbocycles. The van der Waals surface area contributed by atoms with Crippen molar-refractivity contribution in [1.82, 2.24) is 15.0 Å². The van der Waals surface area contributed by atoms with Crippen molar-refractivity contribution in [3.8, 4) is 0 Å². The van der Waals surface area contributed by atoms with Gasteiger partial charge in [0.2, 0.25) is 16.5 Å². The van der Waals surface area contributed by atoms with Crippen LogP contribution >= 0.6 is 23.2 Å². The molecule has 0 spiro atoms. The molecule has 0 N–H and O–H groups in total. The Morgan fingerprint density at radius 3 is 2.50 bits per heavy atom. The minimum atomic E-state index is 0.166. The average Bonchev–Trinajstić information content (AvgIpc) is 2.54. The Labute approximate surface area is 118 Å². The number of hydrogen-bond donors (Lipinski definition) is 0. The Morgan fingerprint density at radius 1 is 1.11 bits per heavy atom. The van der Waals surface area contributed by atoms with Gasteiger partial charge in [0.15, 0.2) is 0 Å². The number of hydrogen-bond acceptors (Lipinski definition) is 4. The summed E-state index contributed by atoms with van der Waals surface area (Å²) in [7, 11) is 0. The highest BCUT2D eigenvalue weighted by atomic mass is 35.5. The molecule has 4 nitrogen and oxygen atoms in total. The van der Waals surface area contributed by atoms with E-state index >= 15 is 0 Å². The lowest BCUT2D eigenvalue weighted by atomic mass is 9.96. The van der Waals surface area contributed by atoms with Crippen molar-refractivity contribution in [2.75, 3.05) is 18.0 Å². The van der Waals surface area contributed by atoms with Crippen molar-refractivity contribution < 1.29 is 0 Å². The maximum Gasteiger partial charge on any atom is 0.230 e. The van der Waals surface area contributed by atoms with Gasteiger partial charge in [0.1, 0.15) is 0 Å². The summed E-state index contributed by atoms with van der Waals surface area (Å²) in [6, 6.07) is 0. The van der Waals surface area contributed by atoms with E-state index in [4.69, 9.17) is 23.2 Å². The average molecular weight is 289 g/mol. The van der Waals surface area contributed by atoms with Crippen LogP contribution in [-0.2, 0) is 0 Å². The molecule has 0 radical (unpaired) electrons. The molecule has 0 bridgehead atoms. The monoisotopic (exact) mass is 288 g/mol. The molecule has 1 atom stereocenters. The number of halogens is 2. The first-order chi connectivity index (χ1) is 8.69. The van der Waals surface area contributed by atoms with Crippen molar-refractivity contribution in [3.05, 3.63) is 10.6 Å². The Morgan fingerprint density at radius 2 is 1.83 bits per heavy atom. The van der Waals surface area contributed by atoms with Crippen molar-refractivity contribution in [2.24, 2.45) is 5.92 Å². The molecule has 1 aliphatic heterocycles. The predicted molar refractivity (Wildman–Crippen MR) is 74.3 cm³/mol. The zero-order valence-electron chi connectivity index (χ0n) is 10.6. The highest BCUT2D eigenvalue weighted by Gasteiger charge is 2.19. The molecule has 1 aliphatic rings. The molecular weight excluding hydrogens is 271 g/mol. The number of anilines is 1. The molecule has 1 aromatic heterocycles. The van der Waals surface area contributed by atoms with Crippen LogP contribution in [-0.4, -0.2) is 28.0 Å². The van der Waals surface area contributed by atoms with Crippen molar-refractivity contribution in [2.45, 2.75) is 39.0 Å². The molecule has 0 aliphatic carbocycles. The van der Waals surface area contributed by atoms with E-state index in [0.29, 0.717) is 5.95 Å². The minimum absolute atomic E-state index is 0.166. The highest BCUT2D eigenvalue weighted by molar-refractivity contribution is 6.31.